The Balaban J connectivity index is 1.64. The molecule has 1 aromatic carbocycles. The second-order valence-electron chi connectivity index (χ2n) is 6.33. The van der Waals surface area contributed by atoms with Gasteiger partial charge in [0.25, 0.3) is 5.91 Å². The first kappa shape index (κ1) is 18.7. The Labute approximate surface area is 159 Å². The summed E-state index contributed by atoms with van der Waals surface area (Å²) < 4.78 is 5.20. The van der Waals surface area contributed by atoms with Gasteiger partial charge in [-0.15, -0.1) is 6.58 Å². The monoisotopic (exact) mass is 367 g/mol. The molecule has 0 aliphatic carbocycles. The molecule has 0 saturated carbocycles. The quantitative estimate of drug-likeness (QED) is 0.791. The summed E-state index contributed by atoms with van der Waals surface area (Å²) in [7, 11) is 1.66. The number of methoxy groups -OCH3 is 1. The van der Waals surface area contributed by atoms with E-state index in [2.05, 4.69) is 26.8 Å². The van der Waals surface area contributed by atoms with E-state index in [0.29, 0.717) is 37.0 Å². The van der Waals surface area contributed by atoms with Gasteiger partial charge in [-0.05, 0) is 31.2 Å². The first-order chi connectivity index (χ1) is 13.1. The predicted molar refractivity (Wildman–Crippen MR) is 107 cm³/mol. The Morgan fingerprint density at radius 1 is 1.22 bits per heavy atom. The zero-order chi connectivity index (χ0) is 19.2. The summed E-state index contributed by atoms with van der Waals surface area (Å²) in [4.78, 5) is 25.6. The maximum absolute atomic E-state index is 12.9. The van der Waals surface area contributed by atoms with Gasteiger partial charge in [-0.2, -0.15) is 0 Å². The third-order valence-electron chi connectivity index (χ3n) is 4.49. The number of anilines is 2. The van der Waals surface area contributed by atoms with E-state index >= 15 is 0 Å². The standard InChI is InChI=1S/C20H25N5O2/c1-4-9-21-19-14-18(22-15(2)23-19)20(26)25-12-10-24(11-13-25)16-5-7-17(27-3)8-6-16/h4-8,14H,1,9-13H2,2-3H3,(H,21,22,23). The number of nitrogens with one attached hydrogen (secondary N) is 1. The van der Waals surface area contributed by atoms with E-state index in [0.717, 1.165) is 24.5 Å². The van der Waals surface area contributed by atoms with E-state index in [1.165, 1.54) is 0 Å². The Morgan fingerprint density at radius 2 is 1.93 bits per heavy atom. The van der Waals surface area contributed by atoms with Gasteiger partial charge in [0.05, 0.1) is 7.11 Å². The number of aromatic nitrogens is 2. The highest BCUT2D eigenvalue weighted by molar-refractivity contribution is 5.93. The molecule has 3 rings (SSSR count). The van der Waals surface area contributed by atoms with Crippen LogP contribution < -0.4 is 15.0 Å². The molecule has 7 nitrogen and oxygen atoms in total. The smallest absolute Gasteiger partial charge is 0.272 e. The van der Waals surface area contributed by atoms with Crippen molar-refractivity contribution in [2.24, 2.45) is 0 Å². The molecule has 1 aromatic heterocycles. The molecule has 27 heavy (non-hydrogen) atoms. The largest absolute Gasteiger partial charge is 0.497 e. The number of carbonyl (C=O) groups is 1. The van der Waals surface area contributed by atoms with E-state index < -0.39 is 0 Å². The van der Waals surface area contributed by atoms with E-state index in [1.807, 2.05) is 29.2 Å². The number of amides is 1. The van der Waals surface area contributed by atoms with Gasteiger partial charge in [-0.1, -0.05) is 6.08 Å². The fourth-order valence-corrected chi connectivity index (χ4v) is 3.07. The fourth-order valence-electron chi connectivity index (χ4n) is 3.07. The SMILES string of the molecule is C=CCNc1cc(C(=O)N2CCN(c3ccc(OC)cc3)CC2)nc(C)n1. The van der Waals surface area contributed by atoms with Crippen molar-refractivity contribution in [3.63, 3.8) is 0 Å². The molecular weight excluding hydrogens is 342 g/mol. The average Bonchev–Trinajstić information content (AvgIpc) is 2.71. The van der Waals surface area contributed by atoms with Crippen LogP contribution in [0.25, 0.3) is 0 Å². The number of rotatable bonds is 6. The van der Waals surface area contributed by atoms with Crippen LogP contribution >= 0.6 is 0 Å². The van der Waals surface area contributed by atoms with Crippen molar-refractivity contribution in [3.05, 3.63) is 54.5 Å². The lowest BCUT2D eigenvalue weighted by atomic mass is 10.2. The first-order valence-electron chi connectivity index (χ1n) is 8.99. The minimum atomic E-state index is -0.0588. The molecule has 1 aliphatic rings. The Bertz CT molecular complexity index is 799. The number of carbonyl (C=O) groups excluding carboxylic acids is 1. The normalized spacial score (nSPS) is 14.0. The lowest BCUT2D eigenvalue weighted by molar-refractivity contribution is 0.0740. The highest BCUT2D eigenvalue weighted by atomic mass is 16.5. The minimum absolute atomic E-state index is 0.0588. The van der Waals surface area contributed by atoms with Gasteiger partial charge < -0.3 is 19.9 Å². The molecule has 1 saturated heterocycles. The third-order valence-corrected chi connectivity index (χ3v) is 4.49. The van der Waals surface area contributed by atoms with E-state index in [1.54, 1.807) is 26.2 Å². The third kappa shape index (κ3) is 4.55. The van der Waals surface area contributed by atoms with E-state index in [4.69, 9.17) is 4.74 Å². The van der Waals surface area contributed by atoms with Crippen LogP contribution in [0.5, 0.6) is 5.75 Å². The van der Waals surface area contributed by atoms with Crippen molar-refractivity contribution in [2.45, 2.75) is 6.92 Å². The number of ether oxygens (including phenoxy) is 1. The van der Waals surface area contributed by atoms with Gasteiger partial charge in [0.1, 0.15) is 23.1 Å². The van der Waals surface area contributed by atoms with Crippen LogP contribution in [-0.2, 0) is 0 Å². The van der Waals surface area contributed by atoms with Gasteiger partial charge in [-0.3, -0.25) is 4.79 Å². The van der Waals surface area contributed by atoms with Gasteiger partial charge in [-0.25, -0.2) is 9.97 Å². The Kier molecular flexibility index (Phi) is 5.90. The number of piperazine rings is 1. The van der Waals surface area contributed by atoms with Gasteiger partial charge >= 0.3 is 0 Å². The number of benzene rings is 1. The molecule has 2 heterocycles. The lowest BCUT2D eigenvalue weighted by Crippen LogP contribution is -2.49. The molecule has 2 aromatic rings. The average molecular weight is 367 g/mol. The fraction of sp³-hybridized carbons (Fsp3) is 0.350. The number of aryl methyl sites for hydroxylation is 1. The molecule has 1 fully saturated rings. The van der Waals surface area contributed by atoms with Crippen LogP contribution in [0.4, 0.5) is 11.5 Å². The van der Waals surface area contributed by atoms with Crippen LogP contribution in [-0.4, -0.2) is 60.6 Å². The van der Waals surface area contributed by atoms with E-state index in [-0.39, 0.29) is 5.91 Å². The number of nitrogens with zero attached hydrogens (tertiary/aromatic N) is 4. The van der Waals surface area contributed by atoms with Crippen LogP contribution in [0.1, 0.15) is 16.3 Å². The van der Waals surface area contributed by atoms with Crippen molar-refractivity contribution in [2.75, 3.05) is 50.1 Å². The summed E-state index contributed by atoms with van der Waals surface area (Å²) >= 11 is 0. The van der Waals surface area contributed by atoms with Crippen molar-refractivity contribution in [1.82, 2.24) is 14.9 Å². The van der Waals surface area contributed by atoms with Gasteiger partial charge in [0.2, 0.25) is 0 Å². The zero-order valence-corrected chi connectivity index (χ0v) is 15.8. The minimum Gasteiger partial charge on any atom is -0.497 e. The van der Waals surface area contributed by atoms with Crippen molar-refractivity contribution in [1.29, 1.82) is 0 Å². The second-order valence-corrected chi connectivity index (χ2v) is 6.33. The van der Waals surface area contributed by atoms with Crippen molar-refractivity contribution < 1.29 is 9.53 Å². The van der Waals surface area contributed by atoms with Gasteiger partial charge in [0.15, 0.2) is 0 Å². The summed E-state index contributed by atoms with van der Waals surface area (Å²) in [6.07, 6.45) is 1.75. The molecule has 1 N–H and O–H groups in total. The van der Waals surface area contributed by atoms with Crippen molar-refractivity contribution >= 4 is 17.4 Å². The summed E-state index contributed by atoms with van der Waals surface area (Å²) in [6, 6.07) is 9.70. The second kappa shape index (κ2) is 8.53. The molecule has 7 heteroatoms. The Morgan fingerprint density at radius 3 is 2.56 bits per heavy atom. The maximum Gasteiger partial charge on any atom is 0.272 e. The molecule has 0 atom stereocenters. The number of hydrogen-bond acceptors (Lipinski definition) is 6. The molecule has 0 unspecified atom stereocenters. The summed E-state index contributed by atoms with van der Waals surface area (Å²) in [5.41, 5.74) is 1.56. The molecular formula is C20H25N5O2. The summed E-state index contributed by atoms with van der Waals surface area (Å²) in [5.74, 6) is 2.00. The topological polar surface area (TPSA) is 70.6 Å². The molecule has 0 bridgehead atoms. The van der Waals surface area contributed by atoms with E-state index in [9.17, 15) is 4.79 Å². The number of hydrogen-bond donors (Lipinski definition) is 1. The molecule has 0 radical (unpaired) electrons. The molecule has 142 valence electrons. The summed E-state index contributed by atoms with van der Waals surface area (Å²) in [5, 5.41) is 3.11. The van der Waals surface area contributed by atoms with Gasteiger partial charge in [0, 0.05) is 44.5 Å². The molecule has 0 spiro atoms. The highest BCUT2D eigenvalue weighted by Gasteiger charge is 2.24. The van der Waals surface area contributed by atoms with Crippen LogP contribution in [0, 0.1) is 6.92 Å². The van der Waals surface area contributed by atoms with Crippen LogP contribution in [0.15, 0.2) is 43.0 Å². The predicted octanol–water partition coefficient (Wildman–Crippen LogP) is 2.35. The first-order valence-corrected chi connectivity index (χ1v) is 8.99. The maximum atomic E-state index is 12.9. The van der Waals surface area contributed by atoms with Crippen molar-refractivity contribution in [3.8, 4) is 5.75 Å². The lowest BCUT2D eigenvalue weighted by Gasteiger charge is -2.36. The zero-order valence-electron chi connectivity index (χ0n) is 15.8. The Hall–Kier alpha value is -3.09. The summed E-state index contributed by atoms with van der Waals surface area (Å²) in [6.45, 7) is 8.93. The molecule has 1 amide bonds. The van der Waals surface area contributed by atoms with Crippen LogP contribution in [0.3, 0.4) is 0 Å². The molecule has 1 aliphatic heterocycles. The van der Waals surface area contributed by atoms with Crippen LogP contribution in [0.2, 0.25) is 0 Å². The highest BCUT2D eigenvalue weighted by Crippen LogP contribution is 2.21.